The number of carboxylic acids is 2. The van der Waals surface area contributed by atoms with Crippen molar-refractivity contribution in [2.24, 2.45) is 0 Å². The third kappa shape index (κ3) is 12.4. The number of carbonyl (C=O) groups excluding carboxylic acids is 2. The predicted octanol–water partition coefficient (Wildman–Crippen LogP) is 6.62. The van der Waals surface area contributed by atoms with Crippen LogP contribution in [0, 0.1) is 0 Å². The summed E-state index contributed by atoms with van der Waals surface area (Å²) in [4.78, 5) is 29.4. The zero-order valence-corrected chi connectivity index (χ0v) is 30.1. The highest BCUT2D eigenvalue weighted by Crippen LogP contribution is 2.41. The third-order valence-corrected chi connectivity index (χ3v) is 8.81. The standard InChI is InChI=1S/C37H56N2O5.2ClH/c1-5-9-19-38(20-10-6-2)23-13-15-28-27-34-32(26-30-25-29(36(40)41)17-18-33(30)44-34)31(35(28)37(42)43)16-14-24-39(21-11-7-3)22-12-8-4;;/h17-18,25,27H,5-16,19-24,26H2,1-4H3,(H,40,41)(H,42,43);2*1H/p-2. The Kier molecular flexibility index (Phi) is 20.2. The molecule has 0 fully saturated rings. The first-order valence-electron chi connectivity index (χ1n) is 17.2. The van der Waals surface area contributed by atoms with E-state index in [1.54, 1.807) is 12.1 Å². The molecule has 2 aromatic rings. The monoisotopic (exact) mass is 678 g/mol. The number of fused-ring (bicyclic) bond motifs is 2. The van der Waals surface area contributed by atoms with Crippen molar-refractivity contribution in [2.75, 3.05) is 39.3 Å². The van der Waals surface area contributed by atoms with Crippen molar-refractivity contribution < 1.29 is 24.5 Å². The molecule has 0 N–H and O–H groups in total. The Bertz CT molecular complexity index is 1210. The fraction of sp³-hybridized carbons (Fsp3) is 0.622. The lowest BCUT2D eigenvalue weighted by Crippen LogP contribution is -2.30. The van der Waals surface area contributed by atoms with Crippen molar-refractivity contribution >= 4 is 36.8 Å². The Morgan fingerprint density at radius 2 is 1.17 bits per heavy atom. The van der Waals surface area contributed by atoms with Crippen molar-refractivity contribution in [3.8, 4) is 11.5 Å². The number of unbranched alkanes of at least 4 members (excludes halogenated alkanes) is 4. The molecule has 3 rings (SSSR count). The van der Waals surface area contributed by atoms with E-state index < -0.39 is 11.9 Å². The van der Waals surface area contributed by atoms with Crippen LogP contribution >= 0.6 is 24.8 Å². The number of benzene rings is 2. The quantitative estimate of drug-likeness (QED) is 0.118. The fourth-order valence-corrected chi connectivity index (χ4v) is 6.25. The average Bonchev–Trinajstić information content (AvgIpc) is 3.01. The zero-order valence-electron chi connectivity index (χ0n) is 28.5. The van der Waals surface area contributed by atoms with Crippen LogP contribution < -0.4 is 14.9 Å². The van der Waals surface area contributed by atoms with Gasteiger partial charge in [0.2, 0.25) is 0 Å². The van der Waals surface area contributed by atoms with Gasteiger partial charge in [-0.3, -0.25) is 0 Å². The van der Waals surface area contributed by atoms with Crippen molar-refractivity contribution in [2.45, 2.75) is 111 Å². The number of carbonyl (C=O) groups is 2. The van der Waals surface area contributed by atoms with E-state index in [4.69, 9.17) is 4.74 Å². The fourth-order valence-electron chi connectivity index (χ4n) is 6.25. The van der Waals surface area contributed by atoms with Crippen LogP contribution in [0.5, 0.6) is 11.5 Å². The van der Waals surface area contributed by atoms with Gasteiger partial charge in [-0.2, -0.15) is 0 Å². The van der Waals surface area contributed by atoms with Crippen LogP contribution in [-0.2, 0) is 19.3 Å². The van der Waals surface area contributed by atoms with E-state index in [2.05, 4.69) is 37.5 Å². The Balaban J connectivity index is 0.00000529. The van der Waals surface area contributed by atoms with Gasteiger partial charge in [-0.1, -0.05) is 53.4 Å². The van der Waals surface area contributed by atoms with Crippen molar-refractivity contribution in [3.63, 3.8) is 0 Å². The van der Waals surface area contributed by atoms with Gasteiger partial charge < -0.3 is 34.3 Å². The van der Waals surface area contributed by atoms with Crippen LogP contribution in [0.3, 0.4) is 0 Å². The summed E-state index contributed by atoms with van der Waals surface area (Å²) in [5.41, 5.74) is 3.50. The number of hydrogen-bond donors (Lipinski definition) is 0. The molecule has 0 aromatic heterocycles. The highest BCUT2D eigenvalue weighted by Gasteiger charge is 2.25. The third-order valence-electron chi connectivity index (χ3n) is 8.81. The van der Waals surface area contributed by atoms with Crippen LogP contribution in [0.4, 0.5) is 0 Å². The van der Waals surface area contributed by atoms with E-state index in [0.717, 1.165) is 126 Å². The van der Waals surface area contributed by atoms with Crippen molar-refractivity contribution in [1.82, 2.24) is 9.80 Å². The molecule has 0 spiro atoms. The summed E-state index contributed by atoms with van der Waals surface area (Å²) in [5, 5.41) is 24.4. The minimum Gasteiger partial charge on any atom is -0.545 e. The predicted molar refractivity (Wildman–Crippen MR) is 188 cm³/mol. The molecule has 9 heteroatoms. The molecule has 0 saturated carbocycles. The number of halogens is 2. The second-order valence-electron chi connectivity index (χ2n) is 12.3. The maximum Gasteiger partial charge on any atom is 0.131 e. The van der Waals surface area contributed by atoms with Gasteiger partial charge >= 0.3 is 0 Å². The molecule has 0 radical (unpaired) electrons. The minimum atomic E-state index is -1.24. The number of aryl methyl sites for hydroxylation is 1. The first kappa shape index (κ1) is 41.7. The highest BCUT2D eigenvalue weighted by atomic mass is 35.5. The van der Waals surface area contributed by atoms with Gasteiger partial charge in [0.1, 0.15) is 11.5 Å². The number of carboxylic acid groups (broad SMARTS) is 2. The van der Waals surface area contributed by atoms with Gasteiger partial charge in [-0.05, 0) is 137 Å². The second-order valence-corrected chi connectivity index (χ2v) is 12.3. The van der Waals surface area contributed by atoms with Gasteiger partial charge in [-0.15, -0.1) is 24.8 Å². The Labute approximate surface area is 289 Å². The lowest BCUT2D eigenvalue weighted by Gasteiger charge is -2.29. The molecule has 2 aromatic carbocycles. The number of aromatic carboxylic acids is 2. The van der Waals surface area contributed by atoms with Crippen LogP contribution in [0.2, 0.25) is 0 Å². The molecule has 7 nitrogen and oxygen atoms in total. The summed E-state index contributed by atoms with van der Waals surface area (Å²) < 4.78 is 6.35. The highest BCUT2D eigenvalue weighted by molar-refractivity contribution is 5.91. The summed E-state index contributed by atoms with van der Waals surface area (Å²) in [6, 6.07) is 6.66. The van der Waals surface area contributed by atoms with Crippen molar-refractivity contribution in [3.05, 3.63) is 57.6 Å². The van der Waals surface area contributed by atoms with Crippen LogP contribution in [0.1, 0.15) is 135 Å². The summed E-state index contributed by atoms with van der Waals surface area (Å²) in [6.45, 7) is 14.9. The average molecular weight is 680 g/mol. The molecule has 1 aliphatic heterocycles. The van der Waals surface area contributed by atoms with E-state index in [-0.39, 0.29) is 30.4 Å². The maximum absolute atomic E-state index is 12.8. The van der Waals surface area contributed by atoms with Gasteiger partial charge in [0, 0.05) is 17.5 Å². The van der Waals surface area contributed by atoms with Crippen LogP contribution in [0.25, 0.3) is 0 Å². The molecular weight excluding hydrogens is 623 g/mol. The molecule has 260 valence electrons. The molecule has 0 aliphatic carbocycles. The van der Waals surface area contributed by atoms with E-state index in [0.29, 0.717) is 36.3 Å². The molecule has 1 aliphatic rings. The van der Waals surface area contributed by atoms with E-state index in [1.807, 2.05) is 6.07 Å². The molecule has 0 atom stereocenters. The summed E-state index contributed by atoms with van der Waals surface area (Å²) in [6.07, 6.45) is 12.6. The lowest BCUT2D eigenvalue weighted by atomic mass is 9.86. The topological polar surface area (TPSA) is 96.0 Å². The van der Waals surface area contributed by atoms with Gasteiger partial charge in [0.25, 0.3) is 0 Å². The Hall–Kier alpha value is -2.32. The number of rotatable bonds is 22. The van der Waals surface area contributed by atoms with Crippen molar-refractivity contribution in [1.29, 1.82) is 0 Å². The Morgan fingerprint density at radius 3 is 1.65 bits per heavy atom. The van der Waals surface area contributed by atoms with Gasteiger partial charge in [0.05, 0.1) is 11.9 Å². The van der Waals surface area contributed by atoms with E-state index in [1.165, 1.54) is 6.07 Å². The minimum absolute atomic E-state index is 0. The summed E-state index contributed by atoms with van der Waals surface area (Å²) in [5.74, 6) is -1.10. The van der Waals surface area contributed by atoms with E-state index in [9.17, 15) is 19.8 Å². The van der Waals surface area contributed by atoms with Crippen LogP contribution in [0.15, 0.2) is 24.3 Å². The Morgan fingerprint density at radius 1 is 0.674 bits per heavy atom. The normalized spacial score (nSPS) is 11.8. The molecule has 1 heterocycles. The molecule has 0 unspecified atom stereocenters. The number of hydrogen-bond acceptors (Lipinski definition) is 7. The SMILES string of the molecule is CCCCN(CCCC)CCCc1cc2c(c(CCCN(CCCC)CCCC)c1C(=O)[O-])Cc1cc(C(=O)[O-])ccc1O2.Cl.Cl. The largest absolute Gasteiger partial charge is 0.545 e. The van der Waals surface area contributed by atoms with E-state index >= 15 is 0 Å². The molecule has 0 bridgehead atoms. The second kappa shape index (κ2) is 22.3. The first-order valence-corrected chi connectivity index (χ1v) is 17.2. The summed E-state index contributed by atoms with van der Waals surface area (Å²) >= 11 is 0. The molecule has 46 heavy (non-hydrogen) atoms. The zero-order chi connectivity index (χ0) is 31.9. The number of nitrogens with zero attached hydrogens (tertiary/aromatic N) is 2. The van der Waals surface area contributed by atoms with Crippen LogP contribution in [-0.4, -0.2) is 61.0 Å². The molecule has 0 amide bonds. The maximum atomic E-state index is 12.8. The smallest absolute Gasteiger partial charge is 0.131 e. The summed E-state index contributed by atoms with van der Waals surface area (Å²) in [7, 11) is 0. The number of ether oxygens (including phenoxy) is 1. The van der Waals surface area contributed by atoms with Gasteiger partial charge in [0.15, 0.2) is 0 Å². The lowest BCUT2D eigenvalue weighted by molar-refractivity contribution is -0.256. The molecule has 0 saturated heterocycles. The molecular formula is C37H56Cl2N2O5-2. The first-order chi connectivity index (χ1) is 21.3. The van der Waals surface area contributed by atoms with Gasteiger partial charge in [-0.25, -0.2) is 0 Å².